The summed E-state index contributed by atoms with van der Waals surface area (Å²) < 4.78 is 1.14. The molecule has 0 fully saturated rings. The van der Waals surface area contributed by atoms with Crippen LogP contribution in [0.3, 0.4) is 0 Å². The number of hydrogen-bond donors (Lipinski definition) is 0. The molecule has 3 heteroatoms. The lowest BCUT2D eigenvalue weighted by Gasteiger charge is -1.98. The van der Waals surface area contributed by atoms with Crippen molar-refractivity contribution in [3.63, 3.8) is 0 Å². The number of benzene rings is 1. The molecule has 0 aliphatic heterocycles. The average molecular weight is 211 g/mol. The van der Waals surface area contributed by atoms with Gasteiger partial charge in [0.15, 0.2) is 5.78 Å². The van der Waals surface area contributed by atoms with Gasteiger partial charge in [0.2, 0.25) is 0 Å². The molecular formula is C10H7ClOS. The molecule has 0 saturated carbocycles. The molecular weight excluding hydrogens is 204 g/mol. The summed E-state index contributed by atoms with van der Waals surface area (Å²) in [6, 6.07) is 7.67. The van der Waals surface area contributed by atoms with E-state index in [1.165, 1.54) is 0 Å². The molecule has 0 aliphatic carbocycles. The van der Waals surface area contributed by atoms with Gasteiger partial charge in [0.1, 0.15) is 0 Å². The van der Waals surface area contributed by atoms with Gasteiger partial charge in [0.25, 0.3) is 0 Å². The van der Waals surface area contributed by atoms with Crippen LogP contribution in [0.15, 0.2) is 29.6 Å². The molecule has 0 N–H and O–H groups in total. The van der Waals surface area contributed by atoms with Crippen LogP contribution in [0.5, 0.6) is 0 Å². The molecule has 0 aliphatic rings. The van der Waals surface area contributed by atoms with Gasteiger partial charge >= 0.3 is 0 Å². The summed E-state index contributed by atoms with van der Waals surface area (Å²) in [5, 5.41) is 2.99. The molecule has 1 aromatic carbocycles. The molecule has 66 valence electrons. The first kappa shape index (κ1) is 8.73. The number of carbonyl (C=O) groups is 1. The van der Waals surface area contributed by atoms with Crippen molar-refractivity contribution in [3.05, 3.63) is 35.2 Å². The van der Waals surface area contributed by atoms with Crippen molar-refractivity contribution in [2.75, 3.05) is 5.88 Å². The van der Waals surface area contributed by atoms with Crippen LogP contribution in [0.25, 0.3) is 10.1 Å². The minimum Gasteiger partial charge on any atom is -0.293 e. The smallest absolute Gasteiger partial charge is 0.178 e. The molecule has 0 spiro atoms. The maximum Gasteiger partial charge on any atom is 0.178 e. The Balaban J connectivity index is 2.67. The van der Waals surface area contributed by atoms with E-state index in [4.69, 9.17) is 11.6 Å². The number of rotatable bonds is 2. The van der Waals surface area contributed by atoms with Crippen LogP contribution in [-0.2, 0) is 0 Å². The van der Waals surface area contributed by atoms with Gasteiger partial charge in [-0.15, -0.1) is 22.9 Å². The van der Waals surface area contributed by atoms with E-state index < -0.39 is 0 Å². The highest BCUT2D eigenvalue weighted by Crippen LogP contribution is 2.24. The summed E-state index contributed by atoms with van der Waals surface area (Å²) in [6.07, 6.45) is 0. The Hall–Kier alpha value is -0.860. The number of hydrogen-bond acceptors (Lipinski definition) is 2. The summed E-state index contributed by atoms with van der Waals surface area (Å²) in [5.74, 6) is 0.0419. The van der Waals surface area contributed by atoms with E-state index in [-0.39, 0.29) is 11.7 Å². The molecule has 0 unspecified atom stereocenters. The van der Waals surface area contributed by atoms with E-state index in [1.54, 1.807) is 11.3 Å². The number of ketones is 1. The average Bonchev–Trinajstić information content (AvgIpc) is 2.63. The van der Waals surface area contributed by atoms with Crippen LogP contribution in [-0.4, -0.2) is 11.7 Å². The van der Waals surface area contributed by atoms with Crippen LogP contribution >= 0.6 is 22.9 Å². The summed E-state index contributed by atoms with van der Waals surface area (Å²) in [5.41, 5.74) is 0.730. The highest BCUT2D eigenvalue weighted by molar-refractivity contribution is 7.17. The molecule has 0 atom stereocenters. The lowest BCUT2D eigenvalue weighted by atomic mass is 10.1. The third-order valence-corrected chi connectivity index (χ3v) is 3.04. The molecule has 1 aromatic heterocycles. The first-order chi connectivity index (χ1) is 6.33. The maximum atomic E-state index is 11.4. The summed E-state index contributed by atoms with van der Waals surface area (Å²) >= 11 is 7.14. The van der Waals surface area contributed by atoms with Gasteiger partial charge in [-0.2, -0.15) is 0 Å². The minimum absolute atomic E-state index is 0.00864. The first-order valence-electron chi connectivity index (χ1n) is 3.88. The van der Waals surface area contributed by atoms with Gasteiger partial charge in [-0.3, -0.25) is 4.79 Å². The number of fused-ring (bicyclic) bond motifs is 1. The molecule has 0 bridgehead atoms. The molecule has 1 heterocycles. The SMILES string of the molecule is O=C(CCl)c1cccc2sccc12. The number of thiophene rings is 1. The Morgan fingerprint density at radius 1 is 1.38 bits per heavy atom. The van der Waals surface area contributed by atoms with Crippen LogP contribution in [0.1, 0.15) is 10.4 Å². The minimum atomic E-state index is -0.00864. The van der Waals surface area contributed by atoms with Crippen molar-refractivity contribution in [2.24, 2.45) is 0 Å². The molecule has 2 aromatic rings. The van der Waals surface area contributed by atoms with E-state index in [0.717, 1.165) is 15.6 Å². The maximum absolute atomic E-state index is 11.4. The summed E-state index contributed by atoms with van der Waals surface area (Å²) in [4.78, 5) is 11.4. The van der Waals surface area contributed by atoms with Crippen LogP contribution in [0.4, 0.5) is 0 Å². The zero-order valence-corrected chi connectivity index (χ0v) is 8.36. The number of alkyl halides is 1. The monoisotopic (exact) mass is 210 g/mol. The zero-order chi connectivity index (χ0) is 9.26. The van der Waals surface area contributed by atoms with Gasteiger partial charge in [-0.25, -0.2) is 0 Å². The molecule has 0 saturated heterocycles. The standard InChI is InChI=1S/C10H7ClOS/c11-6-9(12)7-2-1-3-10-8(7)4-5-13-10/h1-5H,6H2. The van der Waals surface area contributed by atoms with E-state index in [2.05, 4.69) is 0 Å². The van der Waals surface area contributed by atoms with E-state index >= 15 is 0 Å². The highest BCUT2D eigenvalue weighted by Gasteiger charge is 2.08. The second-order valence-corrected chi connectivity index (χ2v) is 3.91. The highest BCUT2D eigenvalue weighted by atomic mass is 35.5. The first-order valence-corrected chi connectivity index (χ1v) is 5.29. The Morgan fingerprint density at radius 2 is 2.23 bits per heavy atom. The third-order valence-electron chi connectivity index (χ3n) is 1.92. The fraction of sp³-hybridized carbons (Fsp3) is 0.100. The number of carbonyl (C=O) groups excluding carboxylic acids is 1. The Bertz CT molecular complexity index is 447. The Morgan fingerprint density at radius 3 is 3.00 bits per heavy atom. The quantitative estimate of drug-likeness (QED) is 0.549. The Kier molecular flexibility index (Phi) is 2.34. The number of Topliss-reactive ketones (excluding diaryl/α,β-unsaturated/α-hetero) is 1. The second kappa shape index (κ2) is 3.48. The zero-order valence-electron chi connectivity index (χ0n) is 6.79. The third kappa shape index (κ3) is 1.47. The van der Waals surface area contributed by atoms with Gasteiger partial charge < -0.3 is 0 Å². The summed E-state index contributed by atoms with van der Waals surface area (Å²) in [7, 11) is 0. The van der Waals surface area contributed by atoms with Crippen molar-refractivity contribution in [1.82, 2.24) is 0 Å². The molecule has 0 amide bonds. The van der Waals surface area contributed by atoms with E-state index in [0.29, 0.717) is 0 Å². The van der Waals surface area contributed by atoms with Crippen LogP contribution in [0, 0.1) is 0 Å². The predicted octanol–water partition coefficient (Wildman–Crippen LogP) is 3.32. The van der Waals surface area contributed by atoms with Crippen molar-refractivity contribution >= 4 is 38.8 Å². The largest absolute Gasteiger partial charge is 0.293 e. The van der Waals surface area contributed by atoms with E-state index in [9.17, 15) is 4.79 Å². The topological polar surface area (TPSA) is 17.1 Å². The Labute approximate surface area is 84.9 Å². The fourth-order valence-electron chi connectivity index (χ4n) is 1.31. The summed E-state index contributed by atoms with van der Waals surface area (Å²) in [6.45, 7) is 0. The van der Waals surface area contributed by atoms with E-state index in [1.807, 2.05) is 29.6 Å². The molecule has 13 heavy (non-hydrogen) atoms. The van der Waals surface area contributed by atoms with Crippen LogP contribution in [0.2, 0.25) is 0 Å². The molecule has 0 radical (unpaired) electrons. The molecule has 1 nitrogen and oxygen atoms in total. The predicted molar refractivity (Wildman–Crippen MR) is 56.9 cm³/mol. The fourth-order valence-corrected chi connectivity index (χ4v) is 2.27. The van der Waals surface area contributed by atoms with Crippen molar-refractivity contribution in [1.29, 1.82) is 0 Å². The van der Waals surface area contributed by atoms with Gasteiger partial charge in [-0.05, 0) is 17.5 Å². The normalized spacial score (nSPS) is 10.5. The molecule has 2 rings (SSSR count). The lowest BCUT2D eigenvalue weighted by Crippen LogP contribution is -1.99. The second-order valence-electron chi connectivity index (χ2n) is 2.69. The van der Waals surface area contributed by atoms with Gasteiger partial charge in [0.05, 0.1) is 5.88 Å². The van der Waals surface area contributed by atoms with Gasteiger partial charge in [0, 0.05) is 15.6 Å². The van der Waals surface area contributed by atoms with Gasteiger partial charge in [-0.1, -0.05) is 12.1 Å². The van der Waals surface area contributed by atoms with Crippen molar-refractivity contribution in [2.45, 2.75) is 0 Å². The lowest BCUT2D eigenvalue weighted by molar-refractivity contribution is 0.102. The number of halogens is 1. The van der Waals surface area contributed by atoms with Crippen molar-refractivity contribution in [3.8, 4) is 0 Å². The van der Waals surface area contributed by atoms with Crippen LogP contribution < -0.4 is 0 Å². The van der Waals surface area contributed by atoms with Crippen molar-refractivity contribution < 1.29 is 4.79 Å².